The van der Waals surface area contributed by atoms with Gasteiger partial charge in [-0.2, -0.15) is 4.39 Å². The summed E-state index contributed by atoms with van der Waals surface area (Å²) in [7, 11) is 0. The van der Waals surface area contributed by atoms with Gasteiger partial charge in [-0.3, -0.25) is 4.90 Å². The lowest BCUT2D eigenvalue weighted by molar-refractivity contribution is 0.103. The first-order valence-corrected chi connectivity index (χ1v) is 6.58. The molecule has 98 valence electrons. The highest BCUT2D eigenvalue weighted by Crippen LogP contribution is 2.16. The SMILES string of the molecule is CC.CC.CC1CN(Cc2cccc(F)n2)C1. The molecule has 0 radical (unpaired) electrons. The van der Waals surface area contributed by atoms with Gasteiger partial charge in [0, 0.05) is 19.6 Å². The molecule has 3 heteroatoms. The van der Waals surface area contributed by atoms with Crippen molar-refractivity contribution in [3.8, 4) is 0 Å². The number of hydrogen-bond donors (Lipinski definition) is 0. The van der Waals surface area contributed by atoms with E-state index in [-0.39, 0.29) is 5.95 Å². The van der Waals surface area contributed by atoms with E-state index < -0.39 is 0 Å². The lowest BCUT2D eigenvalue weighted by Crippen LogP contribution is -2.44. The average Bonchev–Trinajstić information content (AvgIpc) is 2.32. The molecule has 1 saturated heterocycles. The molecule has 2 nitrogen and oxygen atoms in total. The summed E-state index contributed by atoms with van der Waals surface area (Å²) in [5, 5.41) is 0. The molecule has 1 fully saturated rings. The number of likely N-dealkylation sites (tertiary alicyclic amines) is 1. The Balaban J connectivity index is 0.000000581. The monoisotopic (exact) mass is 240 g/mol. The Bertz CT molecular complexity index is 296. The molecule has 0 spiro atoms. The zero-order valence-electron chi connectivity index (χ0n) is 11.7. The number of pyridine rings is 1. The molecule has 0 saturated carbocycles. The molecule has 0 aromatic carbocycles. The normalized spacial score (nSPS) is 14.9. The van der Waals surface area contributed by atoms with E-state index in [1.165, 1.54) is 6.07 Å². The zero-order valence-corrected chi connectivity index (χ0v) is 11.7. The average molecular weight is 240 g/mol. The molecule has 1 aliphatic heterocycles. The number of aromatic nitrogens is 1. The lowest BCUT2D eigenvalue weighted by atomic mass is 10.0. The molecular weight excluding hydrogens is 215 g/mol. The van der Waals surface area contributed by atoms with Crippen molar-refractivity contribution in [3.05, 3.63) is 29.8 Å². The van der Waals surface area contributed by atoms with Crippen LogP contribution in [0.2, 0.25) is 0 Å². The highest BCUT2D eigenvalue weighted by atomic mass is 19.1. The molecule has 2 heterocycles. The van der Waals surface area contributed by atoms with Crippen molar-refractivity contribution in [2.45, 2.75) is 41.2 Å². The van der Waals surface area contributed by atoms with Crippen molar-refractivity contribution >= 4 is 0 Å². The van der Waals surface area contributed by atoms with Crippen LogP contribution in [0.1, 0.15) is 40.3 Å². The Morgan fingerprint density at radius 3 is 2.29 bits per heavy atom. The Morgan fingerprint density at radius 2 is 1.82 bits per heavy atom. The minimum absolute atomic E-state index is 0.383. The summed E-state index contributed by atoms with van der Waals surface area (Å²) < 4.78 is 12.7. The van der Waals surface area contributed by atoms with E-state index in [1.54, 1.807) is 6.07 Å². The van der Waals surface area contributed by atoms with Gasteiger partial charge in [-0.1, -0.05) is 40.7 Å². The van der Waals surface area contributed by atoms with Crippen LogP contribution in [0.3, 0.4) is 0 Å². The molecule has 0 bridgehead atoms. The van der Waals surface area contributed by atoms with E-state index in [2.05, 4.69) is 16.8 Å². The number of halogens is 1. The Kier molecular flexibility index (Phi) is 8.60. The maximum atomic E-state index is 12.7. The summed E-state index contributed by atoms with van der Waals surface area (Å²) in [4.78, 5) is 6.08. The van der Waals surface area contributed by atoms with Crippen LogP contribution in [0.15, 0.2) is 18.2 Å². The van der Waals surface area contributed by atoms with Crippen LogP contribution in [-0.4, -0.2) is 23.0 Å². The molecule has 0 amide bonds. The molecule has 1 aromatic rings. The van der Waals surface area contributed by atoms with Crippen LogP contribution in [-0.2, 0) is 6.54 Å². The number of hydrogen-bond acceptors (Lipinski definition) is 2. The van der Waals surface area contributed by atoms with Gasteiger partial charge in [0.05, 0.1) is 5.69 Å². The smallest absolute Gasteiger partial charge is 0.213 e. The number of nitrogens with zero attached hydrogens (tertiary/aromatic N) is 2. The quantitative estimate of drug-likeness (QED) is 0.732. The van der Waals surface area contributed by atoms with E-state index in [1.807, 2.05) is 33.8 Å². The van der Waals surface area contributed by atoms with Gasteiger partial charge in [-0.15, -0.1) is 0 Å². The highest BCUT2D eigenvalue weighted by molar-refractivity contribution is 5.05. The standard InChI is InChI=1S/C10H13FN2.2C2H6/c1-8-5-13(6-8)7-9-3-2-4-10(11)12-9;2*1-2/h2-4,8H,5-7H2,1H3;2*1-2H3. The van der Waals surface area contributed by atoms with Gasteiger partial charge in [0.2, 0.25) is 5.95 Å². The summed E-state index contributed by atoms with van der Waals surface area (Å²) in [6.07, 6.45) is 0. The van der Waals surface area contributed by atoms with Gasteiger partial charge in [0.15, 0.2) is 0 Å². The fourth-order valence-corrected chi connectivity index (χ4v) is 1.72. The first-order chi connectivity index (χ1) is 8.24. The van der Waals surface area contributed by atoms with Crippen molar-refractivity contribution in [2.24, 2.45) is 5.92 Å². The predicted molar refractivity (Wildman–Crippen MR) is 71.3 cm³/mol. The molecule has 0 unspecified atom stereocenters. The largest absolute Gasteiger partial charge is 0.297 e. The zero-order chi connectivity index (χ0) is 13.3. The van der Waals surface area contributed by atoms with Crippen molar-refractivity contribution in [3.63, 3.8) is 0 Å². The minimum Gasteiger partial charge on any atom is -0.297 e. The topological polar surface area (TPSA) is 16.1 Å². The number of rotatable bonds is 2. The van der Waals surface area contributed by atoms with Crippen molar-refractivity contribution in [1.82, 2.24) is 9.88 Å². The highest BCUT2D eigenvalue weighted by Gasteiger charge is 2.22. The molecule has 1 aliphatic rings. The van der Waals surface area contributed by atoms with Gasteiger partial charge in [0.25, 0.3) is 0 Å². The second kappa shape index (κ2) is 9.11. The van der Waals surface area contributed by atoms with E-state index in [4.69, 9.17) is 0 Å². The Labute approximate surface area is 105 Å². The summed E-state index contributed by atoms with van der Waals surface area (Å²) in [5.41, 5.74) is 0.826. The Hall–Kier alpha value is -0.960. The van der Waals surface area contributed by atoms with Gasteiger partial charge >= 0.3 is 0 Å². The van der Waals surface area contributed by atoms with Crippen LogP contribution in [0.25, 0.3) is 0 Å². The van der Waals surface area contributed by atoms with Crippen LogP contribution in [0.4, 0.5) is 4.39 Å². The summed E-state index contributed by atoms with van der Waals surface area (Å²) in [5.74, 6) is 0.402. The van der Waals surface area contributed by atoms with Crippen LogP contribution in [0, 0.1) is 11.9 Å². The molecule has 0 atom stereocenters. The van der Waals surface area contributed by atoms with E-state index in [9.17, 15) is 4.39 Å². The van der Waals surface area contributed by atoms with Crippen molar-refractivity contribution in [2.75, 3.05) is 13.1 Å². The summed E-state index contributed by atoms with van der Waals surface area (Å²) in [6, 6.07) is 4.95. The van der Waals surface area contributed by atoms with E-state index >= 15 is 0 Å². The first-order valence-electron chi connectivity index (χ1n) is 6.58. The third-order valence-corrected chi connectivity index (χ3v) is 2.30. The fraction of sp³-hybridized carbons (Fsp3) is 0.643. The van der Waals surface area contributed by atoms with Gasteiger partial charge in [-0.25, -0.2) is 4.98 Å². The minimum atomic E-state index is -0.383. The third-order valence-electron chi connectivity index (χ3n) is 2.30. The molecule has 0 aliphatic carbocycles. The first kappa shape index (κ1) is 16.0. The molecular formula is C14H25FN2. The molecule has 1 aromatic heterocycles. The van der Waals surface area contributed by atoms with Gasteiger partial charge in [0.1, 0.15) is 0 Å². The maximum absolute atomic E-state index is 12.7. The molecule has 17 heavy (non-hydrogen) atoms. The van der Waals surface area contributed by atoms with Gasteiger partial charge < -0.3 is 0 Å². The van der Waals surface area contributed by atoms with Crippen LogP contribution in [0.5, 0.6) is 0 Å². The Morgan fingerprint density at radius 1 is 1.24 bits per heavy atom. The predicted octanol–water partition coefficient (Wildman–Crippen LogP) is 3.72. The second-order valence-electron chi connectivity index (χ2n) is 3.75. The van der Waals surface area contributed by atoms with Crippen LogP contribution >= 0.6 is 0 Å². The molecule has 2 rings (SSSR count). The third kappa shape index (κ3) is 5.78. The summed E-state index contributed by atoms with van der Waals surface area (Å²) >= 11 is 0. The van der Waals surface area contributed by atoms with E-state index in [0.717, 1.165) is 31.2 Å². The maximum Gasteiger partial charge on any atom is 0.213 e. The van der Waals surface area contributed by atoms with Crippen molar-refractivity contribution in [1.29, 1.82) is 0 Å². The van der Waals surface area contributed by atoms with E-state index in [0.29, 0.717) is 0 Å². The van der Waals surface area contributed by atoms with Crippen molar-refractivity contribution < 1.29 is 4.39 Å². The fourth-order valence-electron chi connectivity index (χ4n) is 1.72. The second-order valence-corrected chi connectivity index (χ2v) is 3.75. The van der Waals surface area contributed by atoms with Crippen LogP contribution < -0.4 is 0 Å². The lowest BCUT2D eigenvalue weighted by Gasteiger charge is -2.36. The van der Waals surface area contributed by atoms with Gasteiger partial charge in [-0.05, 0) is 18.1 Å². The molecule has 0 N–H and O–H groups in total. The summed E-state index contributed by atoms with van der Waals surface area (Å²) in [6.45, 7) is 13.2.